The van der Waals surface area contributed by atoms with Crippen LogP contribution < -0.4 is 10.6 Å². The number of para-hydroxylation sites is 1. The zero-order valence-corrected chi connectivity index (χ0v) is 16.2. The van der Waals surface area contributed by atoms with Crippen LogP contribution in [0.25, 0.3) is 0 Å². The molecule has 0 aliphatic carbocycles. The molecule has 0 aromatic heterocycles. The van der Waals surface area contributed by atoms with Gasteiger partial charge in [-0.15, -0.1) is 0 Å². The van der Waals surface area contributed by atoms with Crippen molar-refractivity contribution in [2.45, 2.75) is 20.0 Å². The second-order valence-corrected chi connectivity index (χ2v) is 7.34. The van der Waals surface area contributed by atoms with Gasteiger partial charge >= 0.3 is 6.18 Å². The number of nitrogens with one attached hydrogen (secondary N) is 2. The van der Waals surface area contributed by atoms with E-state index in [2.05, 4.69) is 10.6 Å². The number of hydrogen-bond acceptors (Lipinski definition) is 4. The molecule has 9 heteroatoms. The molecule has 1 aromatic rings. The van der Waals surface area contributed by atoms with Crippen molar-refractivity contribution >= 4 is 17.5 Å². The Morgan fingerprint density at radius 3 is 2.07 bits per heavy atom. The average molecular weight is 400 g/mol. The van der Waals surface area contributed by atoms with Crippen molar-refractivity contribution in [1.82, 2.24) is 15.1 Å². The zero-order chi connectivity index (χ0) is 20.7. The molecular weight excluding hydrogens is 373 g/mol. The third kappa shape index (κ3) is 7.12. The molecule has 1 fully saturated rings. The van der Waals surface area contributed by atoms with Gasteiger partial charge in [-0.05, 0) is 18.1 Å². The summed E-state index contributed by atoms with van der Waals surface area (Å²) in [5, 5.41) is 5.22. The fourth-order valence-electron chi connectivity index (χ4n) is 2.91. The van der Waals surface area contributed by atoms with Crippen LogP contribution in [0.15, 0.2) is 24.3 Å². The van der Waals surface area contributed by atoms with Gasteiger partial charge in [-0.2, -0.15) is 13.2 Å². The first-order valence-corrected chi connectivity index (χ1v) is 9.32. The summed E-state index contributed by atoms with van der Waals surface area (Å²) in [5.74, 6) is -0.120. The maximum Gasteiger partial charge on any atom is 0.418 e. The number of hydrogen-bond donors (Lipinski definition) is 2. The Hall–Kier alpha value is -2.13. The first-order valence-electron chi connectivity index (χ1n) is 9.32. The van der Waals surface area contributed by atoms with Gasteiger partial charge in [-0.25, -0.2) is 0 Å². The van der Waals surface area contributed by atoms with Gasteiger partial charge in [0.15, 0.2) is 0 Å². The lowest BCUT2D eigenvalue weighted by atomic mass is 10.1. The van der Waals surface area contributed by atoms with E-state index in [1.165, 1.54) is 18.2 Å². The van der Waals surface area contributed by atoms with E-state index >= 15 is 0 Å². The van der Waals surface area contributed by atoms with Crippen molar-refractivity contribution in [3.05, 3.63) is 29.8 Å². The van der Waals surface area contributed by atoms with Gasteiger partial charge in [-0.3, -0.25) is 19.4 Å². The van der Waals surface area contributed by atoms with E-state index in [0.29, 0.717) is 45.2 Å². The Bertz CT molecular complexity index is 671. The summed E-state index contributed by atoms with van der Waals surface area (Å²) < 4.78 is 39.0. The number of alkyl halides is 3. The highest BCUT2D eigenvalue weighted by Crippen LogP contribution is 2.34. The molecule has 0 atom stereocenters. The summed E-state index contributed by atoms with van der Waals surface area (Å²) >= 11 is 0. The smallest absolute Gasteiger partial charge is 0.355 e. The molecule has 2 N–H and O–H groups in total. The molecule has 0 radical (unpaired) electrons. The van der Waals surface area contributed by atoms with Crippen molar-refractivity contribution in [2.24, 2.45) is 5.92 Å². The van der Waals surface area contributed by atoms with Crippen LogP contribution >= 0.6 is 0 Å². The fourth-order valence-corrected chi connectivity index (χ4v) is 2.91. The maximum absolute atomic E-state index is 13.0. The van der Waals surface area contributed by atoms with Gasteiger partial charge in [0.1, 0.15) is 0 Å². The second kappa shape index (κ2) is 9.88. The molecular formula is C19H27F3N4O2. The SMILES string of the molecule is CC(C)CNC(=O)CN1CCN(CC(=O)Nc2ccccc2C(F)(F)F)CC1. The van der Waals surface area contributed by atoms with Crippen LogP contribution in [0.5, 0.6) is 0 Å². The standard InChI is InChI=1S/C19H27F3N4O2/c1-14(2)11-23-17(27)12-25-7-9-26(10-8-25)13-18(28)24-16-6-4-3-5-15(16)19(20,21)22/h3-6,14H,7-13H2,1-2H3,(H,23,27)(H,24,28). The molecule has 0 saturated carbocycles. The Morgan fingerprint density at radius 1 is 1.00 bits per heavy atom. The van der Waals surface area contributed by atoms with E-state index in [4.69, 9.17) is 0 Å². The number of benzene rings is 1. The quantitative estimate of drug-likeness (QED) is 0.735. The predicted molar refractivity (Wildman–Crippen MR) is 101 cm³/mol. The van der Waals surface area contributed by atoms with Crippen molar-refractivity contribution < 1.29 is 22.8 Å². The molecule has 1 aliphatic rings. The third-order valence-corrected chi connectivity index (χ3v) is 4.41. The largest absolute Gasteiger partial charge is 0.418 e. The summed E-state index contributed by atoms with van der Waals surface area (Å²) in [4.78, 5) is 27.9. The van der Waals surface area contributed by atoms with E-state index in [1.807, 2.05) is 23.6 Å². The van der Waals surface area contributed by atoms with Crippen LogP contribution in [-0.2, 0) is 15.8 Å². The summed E-state index contributed by atoms with van der Waals surface area (Å²) in [6.45, 7) is 7.42. The molecule has 28 heavy (non-hydrogen) atoms. The van der Waals surface area contributed by atoms with Crippen LogP contribution in [0, 0.1) is 5.92 Å². The topological polar surface area (TPSA) is 64.7 Å². The van der Waals surface area contributed by atoms with Crippen LogP contribution in [0.2, 0.25) is 0 Å². The van der Waals surface area contributed by atoms with Crippen LogP contribution in [0.1, 0.15) is 19.4 Å². The molecule has 156 valence electrons. The number of rotatable bonds is 7. The van der Waals surface area contributed by atoms with E-state index in [-0.39, 0.29) is 18.1 Å². The summed E-state index contributed by atoms with van der Waals surface area (Å²) in [6.07, 6.45) is -4.52. The highest BCUT2D eigenvalue weighted by Gasteiger charge is 2.33. The summed E-state index contributed by atoms with van der Waals surface area (Å²) in [5.41, 5.74) is -1.10. The van der Waals surface area contributed by atoms with Crippen molar-refractivity contribution in [3.8, 4) is 0 Å². The van der Waals surface area contributed by atoms with Gasteiger partial charge in [0.25, 0.3) is 0 Å². The minimum Gasteiger partial charge on any atom is -0.355 e. The van der Waals surface area contributed by atoms with Gasteiger partial charge < -0.3 is 10.6 Å². The van der Waals surface area contributed by atoms with Crippen molar-refractivity contribution in [1.29, 1.82) is 0 Å². The third-order valence-electron chi connectivity index (χ3n) is 4.41. The van der Waals surface area contributed by atoms with Crippen molar-refractivity contribution in [3.63, 3.8) is 0 Å². The van der Waals surface area contributed by atoms with E-state index in [0.717, 1.165) is 6.07 Å². The number of amides is 2. The monoisotopic (exact) mass is 400 g/mol. The van der Waals surface area contributed by atoms with Crippen LogP contribution in [0.3, 0.4) is 0 Å². The number of nitrogens with zero attached hydrogens (tertiary/aromatic N) is 2. The number of carbonyl (C=O) groups excluding carboxylic acids is 2. The highest BCUT2D eigenvalue weighted by atomic mass is 19.4. The normalized spacial score (nSPS) is 16.2. The average Bonchev–Trinajstić information content (AvgIpc) is 2.61. The van der Waals surface area contributed by atoms with Crippen LogP contribution in [0.4, 0.5) is 18.9 Å². The number of anilines is 1. The van der Waals surface area contributed by atoms with Crippen LogP contribution in [-0.4, -0.2) is 67.4 Å². The lowest BCUT2D eigenvalue weighted by Crippen LogP contribution is -2.51. The van der Waals surface area contributed by atoms with Gasteiger partial charge in [0.2, 0.25) is 11.8 Å². The maximum atomic E-state index is 13.0. The molecule has 1 saturated heterocycles. The van der Waals surface area contributed by atoms with E-state index in [9.17, 15) is 22.8 Å². The van der Waals surface area contributed by atoms with Gasteiger partial charge in [0, 0.05) is 32.7 Å². The lowest BCUT2D eigenvalue weighted by molar-refractivity contribution is -0.137. The Kier molecular flexibility index (Phi) is 7.82. The minimum atomic E-state index is -4.52. The summed E-state index contributed by atoms with van der Waals surface area (Å²) in [7, 11) is 0. The van der Waals surface area contributed by atoms with Gasteiger partial charge in [-0.1, -0.05) is 26.0 Å². The first-order chi connectivity index (χ1) is 13.1. The number of piperazine rings is 1. The number of carbonyl (C=O) groups is 2. The molecule has 1 aliphatic heterocycles. The molecule has 1 aromatic carbocycles. The Morgan fingerprint density at radius 2 is 1.54 bits per heavy atom. The Balaban J connectivity index is 1.78. The van der Waals surface area contributed by atoms with E-state index < -0.39 is 17.6 Å². The number of halogens is 3. The van der Waals surface area contributed by atoms with E-state index in [1.54, 1.807) is 0 Å². The fraction of sp³-hybridized carbons (Fsp3) is 0.579. The highest BCUT2D eigenvalue weighted by molar-refractivity contribution is 5.93. The second-order valence-electron chi connectivity index (χ2n) is 7.34. The minimum absolute atomic E-state index is 0.0135. The molecule has 2 amide bonds. The summed E-state index contributed by atoms with van der Waals surface area (Å²) in [6, 6.07) is 4.93. The molecule has 6 nitrogen and oxygen atoms in total. The molecule has 0 spiro atoms. The molecule has 0 bridgehead atoms. The first kappa shape index (κ1) is 22.2. The van der Waals surface area contributed by atoms with Crippen molar-refractivity contribution in [2.75, 3.05) is 51.1 Å². The Labute approximate surface area is 163 Å². The molecule has 0 unspecified atom stereocenters. The predicted octanol–water partition coefficient (Wildman–Crippen LogP) is 2.03. The lowest BCUT2D eigenvalue weighted by Gasteiger charge is -2.33. The molecule has 1 heterocycles. The van der Waals surface area contributed by atoms with Gasteiger partial charge in [0.05, 0.1) is 24.3 Å². The molecule has 2 rings (SSSR count). The zero-order valence-electron chi connectivity index (χ0n) is 16.2.